The Hall–Kier alpha value is -3.50. The van der Waals surface area contributed by atoms with Crippen LogP contribution in [0.15, 0.2) is 47.1 Å². The highest BCUT2D eigenvalue weighted by Crippen LogP contribution is 2.27. The molecule has 8 heteroatoms. The number of nitriles is 1. The summed E-state index contributed by atoms with van der Waals surface area (Å²) in [5, 5.41) is 12.8. The molecule has 2 aromatic heterocycles. The first-order chi connectivity index (χ1) is 14.4. The van der Waals surface area contributed by atoms with Gasteiger partial charge in [0.1, 0.15) is 17.6 Å². The molecule has 7 nitrogen and oxygen atoms in total. The number of furan rings is 1. The minimum Gasteiger partial charge on any atom is -0.467 e. The van der Waals surface area contributed by atoms with Gasteiger partial charge in [0, 0.05) is 10.7 Å². The summed E-state index contributed by atoms with van der Waals surface area (Å²) in [6, 6.07) is 12.5. The molecule has 0 saturated heterocycles. The Balaban J connectivity index is 1.67. The fourth-order valence-corrected chi connectivity index (χ4v) is 3.15. The summed E-state index contributed by atoms with van der Waals surface area (Å²) < 4.78 is 12.2. The van der Waals surface area contributed by atoms with Crippen LogP contribution in [-0.2, 0) is 27.3 Å². The molecule has 0 aliphatic rings. The first-order valence-corrected chi connectivity index (χ1v) is 9.59. The van der Waals surface area contributed by atoms with Crippen LogP contribution >= 0.6 is 11.6 Å². The van der Waals surface area contributed by atoms with Gasteiger partial charge in [-0.1, -0.05) is 23.7 Å². The van der Waals surface area contributed by atoms with Gasteiger partial charge in [0.05, 0.1) is 24.8 Å². The zero-order chi connectivity index (χ0) is 21.7. The average Bonchev–Trinajstić information content (AvgIpc) is 3.31. The van der Waals surface area contributed by atoms with E-state index < -0.39 is 18.5 Å². The lowest BCUT2D eigenvalue weighted by molar-refractivity contribution is -0.146. The van der Waals surface area contributed by atoms with Gasteiger partial charge in [0.2, 0.25) is 0 Å². The average molecular weight is 426 g/mol. The molecule has 0 aliphatic carbocycles. The van der Waals surface area contributed by atoms with Crippen molar-refractivity contribution >= 4 is 29.3 Å². The highest BCUT2D eigenvalue weighted by Gasteiger charge is 2.21. The summed E-state index contributed by atoms with van der Waals surface area (Å²) >= 11 is 5.82. The van der Waals surface area contributed by atoms with Gasteiger partial charge in [0.25, 0.3) is 5.91 Å². The Morgan fingerprint density at radius 3 is 2.60 bits per heavy atom. The van der Waals surface area contributed by atoms with Crippen molar-refractivity contribution in [3.63, 3.8) is 0 Å². The van der Waals surface area contributed by atoms with Crippen molar-refractivity contribution in [1.82, 2.24) is 4.57 Å². The summed E-state index contributed by atoms with van der Waals surface area (Å²) in [6.07, 6.45) is 1.59. The molecule has 0 saturated carbocycles. The molecule has 0 radical (unpaired) electrons. The van der Waals surface area contributed by atoms with Crippen molar-refractivity contribution < 1.29 is 18.7 Å². The number of carbonyl (C=O) groups is 2. The molecule has 0 bridgehead atoms. The van der Waals surface area contributed by atoms with Gasteiger partial charge in [-0.25, -0.2) is 0 Å². The molecule has 30 heavy (non-hydrogen) atoms. The van der Waals surface area contributed by atoms with E-state index in [1.165, 1.54) is 0 Å². The molecule has 154 valence electrons. The molecule has 0 atom stereocenters. The second-order valence-corrected chi connectivity index (χ2v) is 7.16. The van der Waals surface area contributed by atoms with Gasteiger partial charge in [-0.2, -0.15) is 5.26 Å². The molecule has 0 fully saturated rings. The summed E-state index contributed by atoms with van der Waals surface area (Å²) in [7, 11) is 0. The van der Waals surface area contributed by atoms with Crippen molar-refractivity contribution in [3.8, 4) is 6.07 Å². The van der Waals surface area contributed by atoms with Crippen LogP contribution in [0.1, 0.15) is 28.1 Å². The number of halogens is 1. The standard InChI is InChI=1S/C22H20ClN3O4/c1-14-15(2)26(12-18-4-3-9-29-18)22(19(14)11-24)25-20(27)13-30-21(28)10-16-5-7-17(23)8-6-16/h3-9H,10,12-13H2,1-2H3,(H,25,27). The van der Waals surface area contributed by atoms with Crippen molar-refractivity contribution in [2.75, 3.05) is 11.9 Å². The largest absolute Gasteiger partial charge is 0.467 e. The summed E-state index contributed by atoms with van der Waals surface area (Å²) in [5.74, 6) is -0.0365. The van der Waals surface area contributed by atoms with Crippen LogP contribution in [0, 0.1) is 25.2 Å². The summed E-state index contributed by atoms with van der Waals surface area (Å²) in [6.45, 7) is 3.57. The molecule has 0 unspecified atom stereocenters. The third kappa shape index (κ3) is 4.91. The first-order valence-electron chi connectivity index (χ1n) is 9.21. The summed E-state index contributed by atoms with van der Waals surface area (Å²) in [5.41, 5.74) is 2.69. The number of rotatable bonds is 7. The number of hydrogen-bond donors (Lipinski definition) is 1. The molecule has 1 aromatic carbocycles. The van der Waals surface area contributed by atoms with Gasteiger partial charge >= 0.3 is 5.97 Å². The Labute approximate surface area is 178 Å². The van der Waals surface area contributed by atoms with Crippen LogP contribution < -0.4 is 5.32 Å². The van der Waals surface area contributed by atoms with Gasteiger partial charge in [-0.05, 0) is 49.2 Å². The molecule has 1 N–H and O–H groups in total. The normalized spacial score (nSPS) is 10.5. The van der Waals surface area contributed by atoms with Crippen LogP contribution in [0.5, 0.6) is 0 Å². The van der Waals surface area contributed by atoms with Crippen molar-refractivity contribution in [2.45, 2.75) is 26.8 Å². The maximum atomic E-state index is 12.4. The van der Waals surface area contributed by atoms with Crippen LogP contribution in [0.4, 0.5) is 5.82 Å². The number of carbonyl (C=O) groups excluding carboxylic acids is 2. The fraction of sp³-hybridized carbons (Fsp3) is 0.227. The van der Waals surface area contributed by atoms with E-state index in [0.29, 0.717) is 28.7 Å². The quantitative estimate of drug-likeness (QED) is 0.577. The molecule has 3 aromatic rings. The summed E-state index contributed by atoms with van der Waals surface area (Å²) in [4.78, 5) is 24.4. The van der Waals surface area contributed by atoms with Gasteiger partial charge in [-0.3, -0.25) is 9.59 Å². The number of hydrogen-bond acceptors (Lipinski definition) is 5. The lowest BCUT2D eigenvalue weighted by Crippen LogP contribution is -2.23. The Bertz CT molecular complexity index is 1090. The van der Waals surface area contributed by atoms with Gasteiger partial charge in [0.15, 0.2) is 6.61 Å². The van der Waals surface area contributed by atoms with Gasteiger partial charge < -0.3 is 19.0 Å². The number of ether oxygens (including phenoxy) is 1. The van der Waals surface area contributed by atoms with E-state index in [4.69, 9.17) is 20.8 Å². The van der Waals surface area contributed by atoms with Crippen molar-refractivity contribution in [2.24, 2.45) is 0 Å². The lowest BCUT2D eigenvalue weighted by atomic mass is 10.1. The second-order valence-electron chi connectivity index (χ2n) is 6.72. The number of anilines is 1. The van der Waals surface area contributed by atoms with Crippen LogP contribution in [0.3, 0.4) is 0 Å². The van der Waals surface area contributed by atoms with E-state index in [-0.39, 0.29) is 6.42 Å². The van der Waals surface area contributed by atoms with E-state index in [2.05, 4.69) is 11.4 Å². The van der Waals surface area contributed by atoms with Gasteiger partial charge in [-0.15, -0.1) is 0 Å². The lowest BCUT2D eigenvalue weighted by Gasteiger charge is -2.12. The number of nitrogens with one attached hydrogen (secondary N) is 1. The molecular weight excluding hydrogens is 406 g/mol. The fourth-order valence-electron chi connectivity index (χ4n) is 3.02. The molecular formula is C22H20ClN3O4. The Morgan fingerprint density at radius 1 is 1.23 bits per heavy atom. The number of amides is 1. The SMILES string of the molecule is Cc1c(C#N)c(NC(=O)COC(=O)Cc2ccc(Cl)cc2)n(Cc2ccco2)c1C. The monoisotopic (exact) mass is 425 g/mol. The van der Waals surface area contributed by atoms with Crippen LogP contribution in [0.25, 0.3) is 0 Å². The molecule has 3 rings (SSSR count). The van der Waals surface area contributed by atoms with Crippen LogP contribution in [-0.4, -0.2) is 23.1 Å². The zero-order valence-electron chi connectivity index (χ0n) is 16.6. The molecule has 0 spiro atoms. The predicted molar refractivity (Wildman–Crippen MR) is 111 cm³/mol. The highest BCUT2D eigenvalue weighted by atomic mass is 35.5. The number of nitrogens with zero attached hydrogens (tertiary/aromatic N) is 2. The van der Waals surface area contributed by atoms with Crippen LogP contribution in [0.2, 0.25) is 5.02 Å². The topological polar surface area (TPSA) is 97.3 Å². The third-order valence-electron chi connectivity index (χ3n) is 4.72. The van der Waals surface area contributed by atoms with Crippen molar-refractivity contribution in [1.29, 1.82) is 5.26 Å². The maximum Gasteiger partial charge on any atom is 0.310 e. The van der Waals surface area contributed by atoms with E-state index in [1.807, 2.05) is 19.9 Å². The second kappa shape index (κ2) is 9.33. The molecule has 2 heterocycles. The van der Waals surface area contributed by atoms with E-state index in [1.54, 1.807) is 41.2 Å². The first kappa shape index (κ1) is 21.2. The Morgan fingerprint density at radius 2 is 1.97 bits per heavy atom. The number of aromatic nitrogens is 1. The molecule has 0 aliphatic heterocycles. The number of benzene rings is 1. The number of esters is 1. The van der Waals surface area contributed by atoms with E-state index in [9.17, 15) is 14.9 Å². The minimum atomic E-state index is -0.536. The van der Waals surface area contributed by atoms with E-state index >= 15 is 0 Å². The predicted octanol–water partition coefficient (Wildman–Crippen LogP) is 4.00. The Kier molecular flexibility index (Phi) is 6.60. The third-order valence-corrected chi connectivity index (χ3v) is 4.97. The minimum absolute atomic E-state index is 0.0288. The zero-order valence-corrected chi connectivity index (χ0v) is 17.3. The van der Waals surface area contributed by atoms with E-state index in [0.717, 1.165) is 16.8 Å². The maximum absolute atomic E-state index is 12.4. The molecule has 1 amide bonds. The van der Waals surface area contributed by atoms with Crippen molar-refractivity contribution in [3.05, 3.63) is 75.8 Å². The smallest absolute Gasteiger partial charge is 0.310 e. The highest BCUT2D eigenvalue weighted by molar-refractivity contribution is 6.30.